The van der Waals surface area contributed by atoms with Gasteiger partial charge in [0.15, 0.2) is 0 Å². The Kier molecular flexibility index (Phi) is 4.75. The van der Waals surface area contributed by atoms with E-state index in [1.54, 1.807) is 12.1 Å². The third-order valence-electron chi connectivity index (χ3n) is 2.85. The van der Waals surface area contributed by atoms with Crippen molar-refractivity contribution in [3.05, 3.63) is 23.3 Å². The number of aryl methyl sites for hydroxylation is 1. The van der Waals surface area contributed by atoms with Gasteiger partial charge in [0.1, 0.15) is 17.2 Å². The van der Waals surface area contributed by atoms with Gasteiger partial charge in [0.05, 0.1) is 14.2 Å². The largest absolute Gasteiger partial charge is 0.496 e. The van der Waals surface area contributed by atoms with Gasteiger partial charge in [0.2, 0.25) is 0 Å². The zero-order valence-electron chi connectivity index (χ0n) is 11.6. The number of methoxy groups -OCH3 is 2. The highest BCUT2D eigenvalue weighted by atomic mass is 19.1. The monoisotopic (exact) mass is 270 g/mol. The second-order valence-electron chi connectivity index (χ2n) is 4.73. The molecule has 5 heteroatoms. The summed E-state index contributed by atoms with van der Waals surface area (Å²) < 4.78 is 24.5. The van der Waals surface area contributed by atoms with Crippen molar-refractivity contribution in [1.82, 2.24) is 0 Å². The molecule has 106 valence electrons. The molecule has 1 rings (SSSR count). The number of alkyl halides is 1. The maximum absolute atomic E-state index is 14.1. The van der Waals surface area contributed by atoms with Crippen molar-refractivity contribution in [1.29, 1.82) is 0 Å². The fourth-order valence-corrected chi connectivity index (χ4v) is 1.87. The number of ether oxygens (including phenoxy) is 2. The van der Waals surface area contributed by atoms with Crippen molar-refractivity contribution in [2.45, 2.75) is 32.4 Å². The van der Waals surface area contributed by atoms with Gasteiger partial charge >= 0.3 is 5.97 Å². The zero-order valence-corrected chi connectivity index (χ0v) is 11.6. The summed E-state index contributed by atoms with van der Waals surface area (Å²) in [5.74, 6) is -0.00606. The molecule has 0 bridgehead atoms. The Bertz CT molecular complexity index is 463. The summed E-state index contributed by atoms with van der Waals surface area (Å²) in [6.07, 6.45) is 0.250. The van der Waals surface area contributed by atoms with Crippen LogP contribution in [0.2, 0.25) is 0 Å². The smallest absolute Gasteiger partial charge is 0.303 e. The number of aliphatic carboxylic acids is 1. The van der Waals surface area contributed by atoms with Gasteiger partial charge in [-0.2, -0.15) is 0 Å². The van der Waals surface area contributed by atoms with Crippen molar-refractivity contribution in [3.8, 4) is 11.5 Å². The van der Waals surface area contributed by atoms with Crippen LogP contribution in [0, 0.1) is 0 Å². The Labute approximate surface area is 112 Å². The van der Waals surface area contributed by atoms with Crippen molar-refractivity contribution >= 4 is 5.97 Å². The van der Waals surface area contributed by atoms with E-state index in [9.17, 15) is 9.18 Å². The SMILES string of the molecule is COc1cc(OC)c(C(C)(C)F)cc1CCC(=O)O. The van der Waals surface area contributed by atoms with E-state index < -0.39 is 11.6 Å². The van der Waals surface area contributed by atoms with Crippen molar-refractivity contribution in [2.24, 2.45) is 0 Å². The first kappa shape index (κ1) is 15.3. The van der Waals surface area contributed by atoms with Gasteiger partial charge in [0.25, 0.3) is 0 Å². The average Bonchev–Trinajstić information content (AvgIpc) is 2.33. The molecule has 0 saturated carbocycles. The molecule has 1 aromatic rings. The summed E-state index contributed by atoms with van der Waals surface area (Å²) in [7, 11) is 2.94. The normalized spacial score (nSPS) is 11.2. The van der Waals surface area contributed by atoms with Gasteiger partial charge in [-0.05, 0) is 31.9 Å². The zero-order chi connectivity index (χ0) is 14.6. The second-order valence-corrected chi connectivity index (χ2v) is 4.73. The number of carboxylic acid groups (broad SMARTS) is 1. The summed E-state index contributed by atoms with van der Waals surface area (Å²) in [6, 6.07) is 3.20. The van der Waals surface area contributed by atoms with Crippen LogP contribution in [-0.2, 0) is 16.9 Å². The lowest BCUT2D eigenvalue weighted by molar-refractivity contribution is -0.136. The Balaban J connectivity index is 3.25. The van der Waals surface area contributed by atoms with Crippen LogP contribution in [0.4, 0.5) is 4.39 Å². The highest BCUT2D eigenvalue weighted by Gasteiger charge is 2.25. The van der Waals surface area contributed by atoms with Crippen molar-refractivity contribution in [3.63, 3.8) is 0 Å². The molecular weight excluding hydrogens is 251 g/mol. The minimum atomic E-state index is -1.57. The van der Waals surface area contributed by atoms with E-state index in [4.69, 9.17) is 14.6 Å². The van der Waals surface area contributed by atoms with E-state index in [1.807, 2.05) is 0 Å². The molecule has 0 amide bonds. The molecule has 0 heterocycles. The quantitative estimate of drug-likeness (QED) is 0.863. The highest BCUT2D eigenvalue weighted by Crippen LogP contribution is 2.37. The topological polar surface area (TPSA) is 55.8 Å². The number of rotatable bonds is 6. The summed E-state index contributed by atoms with van der Waals surface area (Å²) in [6.45, 7) is 2.86. The average molecular weight is 270 g/mol. The molecule has 0 unspecified atom stereocenters. The number of hydrogen-bond acceptors (Lipinski definition) is 3. The highest BCUT2D eigenvalue weighted by molar-refractivity contribution is 5.67. The van der Waals surface area contributed by atoms with Gasteiger partial charge in [0, 0.05) is 18.1 Å². The third kappa shape index (κ3) is 3.84. The lowest BCUT2D eigenvalue weighted by Gasteiger charge is -2.21. The number of halogens is 1. The van der Waals surface area contributed by atoms with E-state index in [0.29, 0.717) is 22.6 Å². The van der Waals surface area contributed by atoms with E-state index in [0.717, 1.165) is 0 Å². The predicted octanol–water partition coefficient (Wildman–Crippen LogP) is 2.93. The predicted molar refractivity (Wildman–Crippen MR) is 69.6 cm³/mol. The van der Waals surface area contributed by atoms with E-state index >= 15 is 0 Å². The molecule has 19 heavy (non-hydrogen) atoms. The van der Waals surface area contributed by atoms with Gasteiger partial charge in [-0.25, -0.2) is 4.39 Å². The van der Waals surface area contributed by atoms with Gasteiger partial charge < -0.3 is 14.6 Å². The fraction of sp³-hybridized carbons (Fsp3) is 0.500. The summed E-state index contributed by atoms with van der Waals surface area (Å²) >= 11 is 0. The molecule has 0 saturated heterocycles. The molecule has 1 aromatic carbocycles. The van der Waals surface area contributed by atoms with Crippen LogP contribution < -0.4 is 9.47 Å². The van der Waals surface area contributed by atoms with Crippen LogP contribution in [0.1, 0.15) is 31.4 Å². The van der Waals surface area contributed by atoms with Crippen molar-refractivity contribution in [2.75, 3.05) is 14.2 Å². The van der Waals surface area contributed by atoms with Crippen LogP contribution in [0.15, 0.2) is 12.1 Å². The molecule has 0 radical (unpaired) electrons. The maximum Gasteiger partial charge on any atom is 0.303 e. The van der Waals surface area contributed by atoms with Gasteiger partial charge in [-0.1, -0.05) is 0 Å². The minimum absolute atomic E-state index is 0.0329. The molecule has 0 spiro atoms. The first-order chi connectivity index (χ1) is 8.79. The van der Waals surface area contributed by atoms with Crippen LogP contribution in [-0.4, -0.2) is 25.3 Å². The van der Waals surface area contributed by atoms with Gasteiger partial charge in [-0.15, -0.1) is 0 Å². The number of hydrogen-bond donors (Lipinski definition) is 1. The van der Waals surface area contributed by atoms with Crippen LogP contribution >= 0.6 is 0 Å². The molecule has 0 aliphatic rings. The molecule has 0 fully saturated rings. The fourth-order valence-electron chi connectivity index (χ4n) is 1.87. The molecule has 0 aromatic heterocycles. The lowest BCUT2D eigenvalue weighted by Crippen LogP contribution is -2.12. The molecule has 0 aliphatic carbocycles. The Morgan fingerprint density at radius 2 is 1.84 bits per heavy atom. The molecule has 4 nitrogen and oxygen atoms in total. The standard InChI is InChI=1S/C14H19FO4/c1-14(2,15)10-7-9(5-6-13(16)17)11(18-3)8-12(10)19-4/h7-8H,5-6H2,1-4H3,(H,16,17). The lowest BCUT2D eigenvalue weighted by atomic mass is 9.94. The van der Waals surface area contributed by atoms with Crippen LogP contribution in [0.3, 0.4) is 0 Å². The first-order valence-corrected chi connectivity index (χ1v) is 5.95. The summed E-state index contributed by atoms with van der Waals surface area (Å²) in [5, 5.41) is 8.73. The van der Waals surface area contributed by atoms with Crippen molar-refractivity contribution < 1.29 is 23.8 Å². The summed E-state index contributed by atoms with van der Waals surface area (Å²) in [4.78, 5) is 10.6. The second kappa shape index (κ2) is 5.91. The summed E-state index contributed by atoms with van der Waals surface area (Å²) in [5.41, 5.74) is -0.530. The maximum atomic E-state index is 14.1. The molecule has 0 atom stereocenters. The number of carbonyl (C=O) groups is 1. The minimum Gasteiger partial charge on any atom is -0.496 e. The number of carboxylic acids is 1. The van der Waals surface area contributed by atoms with Crippen LogP contribution in [0.5, 0.6) is 11.5 Å². The van der Waals surface area contributed by atoms with E-state index in [1.165, 1.54) is 28.1 Å². The van der Waals surface area contributed by atoms with E-state index in [2.05, 4.69) is 0 Å². The van der Waals surface area contributed by atoms with E-state index in [-0.39, 0.29) is 12.8 Å². The third-order valence-corrected chi connectivity index (χ3v) is 2.85. The molecular formula is C14H19FO4. The first-order valence-electron chi connectivity index (χ1n) is 5.95. The Morgan fingerprint density at radius 3 is 2.26 bits per heavy atom. The van der Waals surface area contributed by atoms with Crippen LogP contribution in [0.25, 0.3) is 0 Å². The Hall–Kier alpha value is -1.78. The molecule has 0 aliphatic heterocycles. The molecule has 1 N–H and O–H groups in total. The van der Waals surface area contributed by atoms with Gasteiger partial charge in [-0.3, -0.25) is 4.79 Å². The number of benzene rings is 1. The Morgan fingerprint density at radius 1 is 1.26 bits per heavy atom.